The van der Waals surface area contributed by atoms with Crippen molar-refractivity contribution in [1.82, 2.24) is 10.2 Å². The third kappa shape index (κ3) is 9.17. The lowest BCUT2D eigenvalue weighted by Gasteiger charge is -2.47. The van der Waals surface area contributed by atoms with Crippen molar-refractivity contribution in [3.05, 3.63) is 112 Å². The van der Waals surface area contributed by atoms with Crippen molar-refractivity contribution in [3.8, 4) is 11.5 Å². The van der Waals surface area contributed by atoms with Crippen LogP contribution in [-0.4, -0.2) is 84.0 Å². The van der Waals surface area contributed by atoms with Gasteiger partial charge in [0.05, 0.1) is 30.4 Å². The van der Waals surface area contributed by atoms with Crippen LogP contribution in [0.25, 0.3) is 5.57 Å². The molecule has 0 bridgehead atoms. The summed E-state index contributed by atoms with van der Waals surface area (Å²) in [5, 5.41) is 32.9. The monoisotopic (exact) mass is 704 g/mol. The molecule has 1 heterocycles. The number of hydrogen-bond acceptors (Lipinski definition) is 8. The summed E-state index contributed by atoms with van der Waals surface area (Å²) in [4.78, 5) is 2.29. The lowest BCUT2D eigenvalue weighted by Crippen LogP contribution is -2.52. The molecule has 1 saturated heterocycles. The van der Waals surface area contributed by atoms with Crippen LogP contribution in [0.1, 0.15) is 54.5 Å². The van der Waals surface area contributed by atoms with Gasteiger partial charge in [0.1, 0.15) is 30.3 Å². The number of nitrogens with zero attached hydrogens (tertiary/aromatic N) is 1. The molecule has 1 fully saturated rings. The van der Waals surface area contributed by atoms with Gasteiger partial charge >= 0.3 is 0 Å². The number of allylic oxidation sites excluding steroid dienone is 2. The standard InChI is InChI=1S/C41H53ClN2O6/c1-29-13-14-31(20-30(29)2)27-48-38-22-39(37(42)21-33(38)23-43-34(25-45)26-46)49-28-41(50-19-9-17-44-18-15-35(47)24-44)16-8-12-36(40(41,3)4)32-10-6-5-7-11-32/h5-8,10-14,16,20-22,34-35,43,45-47H,9,15,17-19,23-28H2,1-4H3/t35?,41-/m0/s1. The first-order valence-electron chi connectivity index (χ1n) is 17.6. The molecule has 0 saturated carbocycles. The Labute approximate surface area is 302 Å². The van der Waals surface area contributed by atoms with Gasteiger partial charge in [-0.05, 0) is 66.7 Å². The van der Waals surface area contributed by atoms with Gasteiger partial charge in [0.2, 0.25) is 0 Å². The highest BCUT2D eigenvalue weighted by molar-refractivity contribution is 6.32. The molecule has 1 aliphatic heterocycles. The summed E-state index contributed by atoms with van der Waals surface area (Å²) in [5.74, 6) is 1.07. The van der Waals surface area contributed by atoms with Crippen LogP contribution >= 0.6 is 11.6 Å². The minimum absolute atomic E-state index is 0.199. The van der Waals surface area contributed by atoms with Gasteiger partial charge in [-0.1, -0.05) is 86.1 Å². The van der Waals surface area contributed by atoms with E-state index in [-0.39, 0.29) is 25.9 Å². The van der Waals surface area contributed by atoms with E-state index in [4.69, 9.17) is 25.8 Å². The minimum Gasteiger partial charge on any atom is -0.488 e. The second-order valence-electron chi connectivity index (χ2n) is 14.1. The lowest BCUT2D eigenvalue weighted by molar-refractivity contribution is -0.0926. The zero-order valence-corrected chi connectivity index (χ0v) is 30.6. The molecule has 0 amide bonds. The zero-order valence-electron chi connectivity index (χ0n) is 29.8. The fourth-order valence-electron chi connectivity index (χ4n) is 6.72. The van der Waals surface area contributed by atoms with E-state index in [9.17, 15) is 15.3 Å². The van der Waals surface area contributed by atoms with Crippen LogP contribution in [0.4, 0.5) is 0 Å². The van der Waals surface area contributed by atoms with Crippen LogP contribution in [0, 0.1) is 19.3 Å². The Morgan fingerprint density at radius 1 is 0.980 bits per heavy atom. The Morgan fingerprint density at radius 2 is 1.76 bits per heavy atom. The summed E-state index contributed by atoms with van der Waals surface area (Å²) in [7, 11) is 0. The number of likely N-dealkylation sites (tertiary alicyclic amines) is 1. The van der Waals surface area contributed by atoms with E-state index in [1.165, 1.54) is 11.1 Å². The molecular weight excluding hydrogens is 652 g/mol. The van der Waals surface area contributed by atoms with E-state index in [2.05, 4.69) is 86.5 Å². The summed E-state index contributed by atoms with van der Waals surface area (Å²) in [5.41, 5.74) is 5.21. The van der Waals surface area contributed by atoms with Crippen molar-refractivity contribution in [2.45, 2.75) is 71.4 Å². The summed E-state index contributed by atoms with van der Waals surface area (Å²) < 4.78 is 19.9. The third-order valence-electron chi connectivity index (χ3n) is 10.2. The Kier molecular flexibility index (Phi) is 13.2. The molecule has 1 unspecified atom stereocenters. The van der Waals surface area contributed by atoms with Crippen LogP contribution < -0.4 is 14.8 Å². The van der Waals surface area contributed by atoms with E-state index in [1.807, 2.05) is 30.3 Å². The van der Waals surface area contributed by atoms with Crippen LogP contribution in [0.3, 0.4) is 0 Å². The molecule has 0 aromatic heterocycles. The van der Waals surface area contributed by atoms with Gasteiger partial charge in [-0.2, -0.15) is 0 Å². The van der Waals surface area contributed by atoms with Gasteiger partial charge in [-0.25, -0.2) is 0 Å². The number of aryl methyl sites for hydroxylation is 2. The maximum Gasteiger partial charge on any atom is 0.141 e. The van der Waals surface area contributed by atoms with Crippen molar-refractivity contribution in [3.63, 3.8) is 0 Å². The molecule has 4 N–H and O–H groups in total. The second-order valence-corrected chi connectivity index (χ2v) is 14.5. The molecular formula is C41H53ClN2O6. The molecule has 3 aromatic carbocycles. The number of aliphatic hydroxyl groups excluding tert-OH is 3. The highest BCUT2D eigenvalue weighted by Crippen LogP contribution is 2.49. The Morgan fingerprint density at radius 3 is 2.46 bits per heavy atom. The summed E-state index contributed by atoms with van der Waals surface area (Å²) in [6.45, 7) is 12.0. The molecule has 50 heavy (non-hydrogen) atoms. The smallest absolute Gasteiger partial charge is 0.141 e. The van der Waals surface area contributed by atoms with Gasteiger partial charge < -0.3 is 39.7 Å². The van der Waals surface area contributed by atoms with Crippen molar-refractivity contribution in [2.24, 2.45) is 5.41 Å². The van der Waals surface area contributed by atoms with Crippen molar-refractivity contribution >= 4 is 17.2 Å². The molecule has 0 spiro atoms. The lowest BCUT2D eigenvalue weighted by atomic mass is 9.65. The number of aliphatic hydroxyl groups is 3. The third-order valence-corrected chi connectivity index (χ3v) is 10.5. The fourth-order valence-corrected chi connectivity index (χ4v) is 6.96. The summed E-state index contributed by atoms with van der Waals surface area (Å²) in [6, 6.07) is 19.8. The quantitative estimate of drug-likeness (QED) is 0.122. The number of halogens is 1. The largest absolute Gasteiger partial charge is 0.488 e. The summed E-state index contributed by atoms with van der Waals surface area (Å²) >= 11 is 6.91. The molecule has 0 radical (unpaired) electrons. The first-order valence-corrected chi connectivity index (χ1v) is 18.0. The van der Waals surface area contributed by atoms with Crippen molar-refractivity contribution in [2.75, 3.05) is 46.1 Å². The number of nitrogens with one attached hydrogen (secondary N) is 1. The molecule has 1 aliphatic carbocycles. The predicted molar refractivity (Wildman–Crippen MR) is 200 cm³/mol. The molecule has 2 atom stereocenters. The molecule has 5 rings (SSSR count). The van der Waals surface area contributed by atoms with Gasteiger partial charge in [-0.15, -0.1) is 0 Å². The average Bonchev–Trinajstić information content (AvgIpc) is 3.53. The first-order chi connectivity index (χ1) is 24.0. The van der Waals surface area contributed by atoms with Crippen LogP contribution in [0.2, 0.25) is 5.02 Å². The molecule has 2 aliphatic rings. The Hall–Kier alpha value is -3.21. The van der Waals surface area contributed by atoms with Crippen LogP contribution in [0.15, 0.2) is 78.9 Å². The van der Waals surface area contributed by atoms with Crippen LogP contribution in [-0.2, 0) is 17.9 Å². The van der Waals surface area contributed by atoms with Crippen molar-refractivity contribution < 1.29 is 29.5 Å². The normalized spacial score (nSPS) is 20.3. The predicted octanol–water partition coefficient (Wildman–Crippen LogP) is 6.25. The molecule has 3 aromatic rings. The van der Waals surface area contributed by atoms with E-state index >= 15 is 0 Å². The molecule has 270 valence electrons. The van der Waals surface area contributed by atoms with Gasteiger partial charge in [-0.3, -0.25) is 0 Å². The average molecular weight is 705 g/mol. The Balaban J connectivity index is 1.40. The highest BCUT2D eigenvalue weighted by Gasteiger charge is 2.49. The second kappa shape index (κ2) is 17.3. The van der Waals surface area contributed by atoms with Gasteiger partial charge in [0.15, 0.2) is 0 Å². The number of β-amino-alcohol motifs (C(OH)–C–C–N with tert-alkyl or cyclic N) is 1. The number of ether oxygens (including phenoxy) is 3. The van der Waals surface area contributed by atoms with E-state index in [1.54, 1.807) is 0 Å². The van der Waals surface area contributed by atoms with Gasteiger partial charge in [0, 0.05) is 49.8 Å². The van der Waals surface area contributed by atoms with E-state index in [0.29, 0.717) is 42.8 Å². The topological polar surface area (TPSA) is 104 Å². The minimum atomic E-state index is -0.822. The van der Waals surface area contributed by atoms with E-state index in [0.717, 1.165) is 48.2 Å². The fraction of sp³-hybridized carbons (Fsp3) is 0.463. The maximum absolute atomic E-state index is 9.99. The number of benzene rings is 3. The number of rotatable bonds is 17. The number of hydrogen-bond donors (Lipinski definition) is 4. The van der Waals surface area contributed by atoms with Gasteiger partial charge in [0.25, 0.3) is 0 Å². The summed E-state index contributed by atoms with van der Waals surface area (Å²) in [6.07, 6.45) is 7.71. The highest BCUT2D eigenvalue weighted by atomic mass is 35.5. The zero-order chi connectivity index (χ0) is 35.7. The SMILES string of the molecule is Cc1ccc(COc2cc(OC[C@@]3(OCCCN4CCC(O)C4)C=CC=C(c4ccccc4)C3(C)C)c(Cl)cc2CNC(CO)CO)cc1C. The first kappa shape index (κ1) is 38.0. The van der Waals surface area contributed by atoms with E-state index < -0.39 is 17.1 Å². The van der Waals surface area contributed by atoms with Crippen LogP contribution in [0.5, 0.6) is 11.5 Å². The molecule has 9 heteroatoms. The molecule has 8 nitrogen and oxygen atoms in total. The Bertz CT molecular complexity index is 1620. The van der Waals surface area contributed by atoms with Crippen molar-refractivity contribution in [1.29, 1.82) is 0 Å². The maximum atomic E-state index is 9.99.